The molecule has 0 aliphatic heterocycles. The Labute approximate surface area is 136 Å². The Balaban J connectivity index is 2.46. The molecule has 0 aliphatic carbocycles. The number of halogens is 1. The summed E-state index contributed by atoms with van der Waals surface area (Å²) in [6, 6.07) is 4.45. The molecule has 0 atom stereocenters. The average Bonchev–Trinajstić information content (AvgIpc) is 2.78. The summed E-state index contributed by atoms with van der Waals surface area (Å²) < 4.78 is 19.4. The maximum absolute atomic E-state index is 13.7. The smallest absolute Gasteiger partial charge is 0.266 e. The van der Waals surface area contributed by atoms with Crippen LogP contribution in [0.25, 0.3) is 12.2 Å². The number of benzene rings is 1. The number of rotatable bonds is 3. The minimum atomic E-state index is -0.510. The lowest BCUT2D eigenvalue weighted by Gasteiger charge is -2.12. The van der Waals surface area contributed by atoms with E-state index in [2.05, 4.69) is 4.98 Å². The average molecular weight is 335 g/mol. The van der Waals surface area contributed by atoms with Gasteiger partial charge in [0, 0.05) is 11.5 Å². The fourth-order valence-electron chi connectivity index (χ4n) is 1.78. The second-order valence-corrected chi connectivity index (χ2v) is 7.17. The molecule has 0 spiro atoms. The lowest BCUT2D eigenvalue weighted by Crippen LogP contribution is -2.22. The molecule has 1 aromatic carbocycles. The van der Waals surface area contributed by atoms with Gasteiger partial charge in [-0.3, -0.25) is 9.59 Å². The van der Waals surface area contributed by atoms with E-state index in [9.17, 15) is 14.0 Å². The van der Waals surface area contributed by atoms with Crippen molar-refractivity contribution < 1.29 is 13.9 Å². The number of nitrogens with one attached hydrogen (secondary N) is 1. The topological polar surface area (TPSA) is 59.2 Å². The van der Waals surface area contributed by atoms with Crippen molar-refractivity contribution in [1.29, 1.82) is 0 Å². The largest absolute Gasteiger partial charge is 0.494 e. The molecule has 23 heavy (non-hydrogen) atoms. The number of hydrogen-bond donors (Lipinski definition) is 1. The summed E-state index contributed by atoms with van der Waals surface area (Å²) in [5.74, 6) is -0.423. The third kappa shape index (κ3) is 4.16. The Kier molecular flexibility index (Phi) is 4.85. The van der Waals surface area contributed by atoms with Crippen molar-refractivity contribution in [3.05, 3.63) is 49.1 Å². The Bertz CT molecular complexity index is 903. The van der Waals surface area contributed by atoms with Crippen LogP contribution in [0.5, 0.6) is 5.75 Å². The zero-order valence-corrected chi connectivity index (χ0v) is 14.2. The van der Waals surface area contributed by atoms with Gasteiger partial charge in [0.25, 0.3) is 5.56 Å². The van der Waals surface area contributed by atoms with E-state index < -0.39 is 11.2 Å². The van der Waals surface area contributed by atoms with E-state index >= 15 is 0 Å². The number of ether oxygens (including phenoxy) is 1. The van der Waals surface area contributed by atoms with Crippen LogP contribution < -0.4 is 19.5 Å². The number of methoxy groups -OCH3 is 1. The van der Waals surface area contributed by atoms with E-state index in [1.165, 1.54) is 25.3 Å². The second-order valence-electron chi connectivity index (χ2n) is 6.08. The highest BCUT2D eigenvalue weighted by Crippen LogP contribution is 2.18. The standard InChI is InChI=1S/C17H18FNO3S/c1-17(2,3)14(20)9-15-19-16(21)13(23-15)8-10-5-6-12(22-4)11(18)7-10/h5-9H,1-4H3,(H,19,21)/b13-8+,15-9+. The van der Waals surface area contributed by atoms with Crippen LogP contribution in [0.3, 0.4) is 0 Å². The molecule has 122 valence electrons. The number of carbonyl (C=O) groups is 1. The van der Waals surface area contributed by atoms with Gasteiger partial charge in [-0.2, -0.15) is 0 Å². The summed E-state index contributed by atoms with van der Waals surface area (Å²) in [4.78, 5) is 26.6. The third-order valence-corrected chi connectivity index (χ3v) is 4.12. The van der Waals surface area contributed by atoms with Crippen molar-refractivity contribution in [3.8, 4) is 5.75 Å². The van der Waals surface area contributed by atoms with Crippen molar-refractivity contribution in [2.45, 2.75) is 20.8 Å². The molecule has 0 fully saturated rings. The van der Waals surface area contributed by atoms with Gasteiger partial charge in [-0.1, -0.05) is 26.8 Å². The van der Waals surface area contributed by atoms with Gasteiger partial charge in [0.2, 0.25) is 0 Å². The van der Waals surface area contributed by atoms with E-state index in [4.69, 9.17) is 4.74 Å². The molecule has 0 unspecified atom stereocenters. The highest BCUT2D eigenvalue weighted by atomic mass is 32.1. The van der Waals surface area contributed by atoms with Crippen LogP contribution in [-0.4, -0.2) is 17.9 Å². The van der Waals surface area contributed by atoms with Gasteiger partial charge in [0.1, 0.15) is 0 Å². The van der Waals surface area contributed by atoms with Crippen LogP contribution in [0, 0.1) is 11.2 Å². The molecule has 2 rings (SSSR count). The molecule has 1 heterocycles. The summed E-state index contributed by atoms with van der Waals surface area (Å²) in [6.07, 6.45) is 3.00. The molecule has 1 aromatic heterocycles. The van der Waals surface area contributed by atoms with Crippen LogP contribution in [0.2, 0.25) is 0 Å². The lowest BCUT2D eigenvalue weighted by molar-refractivity contribution is -0.119. The fourth-order valence-corrected chi connectivity index (χ4v) is 2.67. The Morgan fingerprint density at radius 2 is 2.04 bits per heavy atom. The van der Waals surface area contributed by atoms with Crippen LogP contribution in [0.1, 0.15) is 26.3 Å². The highest BCUT2D eigenvalue weighted by Gasteiger charge is 2.18. The molecule has 0 saturated heterocycles. The van der Waals surface area contributed by atoms with E-state index in [1.54, 1.807) is 12.1 Å². The normalized spacial score (nSPS) is 13.4. The predicted molar refractivity (Wildman–Crippen MR) is 89.6 cm³/mol. The molecular formula is C17H18FNO3S. The molecule has 0 bridgehead atoms. The van der Waals surface area contributed by atoms with E-state index in [1.807, 2.05) is 20.8 Å². The molecule has 0 amide bonds. The molecule has 1 N–H and O–H groups in total. The Morgan fingerprint density at radius 1 is 1.35 bits per heavy atom. The molecule has 0 aliphatic rings. The number of Topliss-reactive ketones (excluding diaryl/α,β-unsaturated/α-hetero) is 1. The number of carbonyl (C=O) groups excluding carboxylic acids is 1. The minimum absolute atomic E-state index is 0.0722. The first-order valence-corrected chi connectivity index (χ1v) is 7.83. The van der Waals surface area contributed by atoms with Gasteiger partial charge in [0.15, 0.2) is 17.3 Å². The third-order valence-electron chi connectivity index (χ3n) is 3.16. The maximum atomic E-state index is 13.7. The second kappa shape index (κ2) is 6.50. The number of ketones is 1. The predicted octanol–water partition coefficient (Wildman–Crippen LogP) is 1.81. The number of aromatic nitrogens is 1. The van der Waals surface area contributed by atoms with Crippen molar-refractivity contribution in [2.24, 2.45) is 5.41 Å². The summed E-state index contributed by atoms with van der Waals surface area (Å²) in [6.45, 7) is 5.43. The summed E-state index contributed by atoms with van der Waals surface area (Å²) >= 11 is 1.16. The van der Waals surface area contributed by atoms with Gasteiger partial charge >= 0.3 is 0 Å². The van der Waals surface area contributed by atoms with Crippen molar-refractivity contribution in [3.63, 3.8) is 0 Å². The van der Waals surface area contributed by atoms with Crippen LogP contribution in [-0.2, 0) is 4.79 Å². The Morgan fingerprint density at radius 3 is 2.61 bits per heavy atom. The molecule has 6 heteroatoms. The summed E-state index contributed by atoms with van der Waals surface area (Å²) in [7, 11) is 1.39. The fraction of sp³-hybridized carbons (Fsp3) is 0.294. The quantitative estimate of drug-likeness (QED) is 0.931. The van der Waals surface area contributed by atoms with E-state index in [-0.39, 0.29) is 17.1 Å². The zero-order valence-electron chi connectivity index (χ0n) is 13.4. The summed E-state index contributed by atoms with van der Waals surface area (Å²) in [5, 5.41) is 0. The summed E-state index contributed by atoms with van der Waals surface area (Å²) in [5.41, 5.74) is -0.271. The number of hydrogen-bond acceptors (Lipinski definition) is 4. The van der Waals surface area contributed by atoms with Crippen LogP contribution in [0.15, 0.2) is 23.0 Å². The number of aromatic amines is 1. The number of H-pyrrole nitrogens is 1. The highest BCUT2D eigenvalue weighted by molar-refractivity contribution is 7.07. The van der Waals surface area contributed by atoms with E-state index in [0.717, 1.165) is 11.3 Å². The maximum Gasteiger partial charge on any atom is 0.266 e. The van der Waals surface area contributed by atoms with Crippen LogP contribution >= 0.6 is 11.3 Å². The van der Waals surface area contributed by atoms with Gasteiger partial charge in [-0.05, 0) is 23.8 Å². The van der Waals surface area contributed by atoms with Gasteiger partial charge in [0.05, 0.1) is 16.3 Å². The zero-order chi connectivity index (χ0) is 17.2. The SMILES string of the molecule is COc1ccc(/C=c2/s/c(=C/C(=O)C(C)(C)C)[nH]c2=O)cc1F. The number of thiazole rings is 1. The molecule has 0 saturated carbocycles. The Hall–Kier alpha value is -2.21. The molecule has 0 radical (unpaired) electrons. The first kappa shape index (κ1) is 17.1. The minimum Gasteiger partial charge on any atom is -0.494 e. The van der Waals surface area contributed by atoms with Crippen molar-refractivity contribution in [1.82, 2.24) is 4.98 Å². The molecule has 2 aromatic rings. The van der Waals surface area contributed by atoms with Crippen molar-refractivity contribution in [2.75, 3.05) is 7.11 Å². The van der Waals surface area contributed by atoms with Gasteiger partial charge in [-0.15, -0.1) is 11.3 Å². The van der Waals surface area contributed by atoms with Crippen LogP contribution in [0.4, 0.5) is 4.39 Å². The van der Waals surface area contributed by atoms with Gasteiger partial charge in [-0.25, -0.2) is 4.39 Å². The molecular weight excluding hydrogens is 317 g/mol. The first-order chi connectivity index (χ1) is 10.7. The van der Waals surface area contributed by atoms with E-state index in [0.29, 0.717) is 14.8 Å². The van der Waals surface area contributed by atoms with Gasteiger partial charge < -0.3 is 9.72 Å². The first-order valence-electron chi connectivity index (χ1n) is 7.01. The monoisotopic (exact) mass is 335 g/mol. The lowest BCUT2D eigenvalue weighted by atomic mass is 9.91. The van der Waals surface area contributed by atoms with Crippen molar-refractivity contribution >= 4 is 29.3 Å². The molecule has 4 nitrogen and oxygen atoms in total.